The van der Waals surface area contributed by atoms with E-state index in [1.54, 1.807) is 0 Å². The Morgan fingerprint density at radius 3 is 2.50 bits per heavy atom. The number of rotatable bonds is 7. The molecule has 1 fully saturated rings. The fourth-order valence-electron chi connectivity index (χ4n) is 3.04. The van der Waals surface area contributed by atoms with Gasteiger partial charge in [-0.25, -0.2) is 0 Å². The van der Waals surface area contributed by atoms with Crippen LogP contribution in [0.4, 0.5) is 0 Å². The van der Waals surface area contributed by atoms with Gasteiger partial charge in [0.2, 0.25) is 5.91 Å². The lowest BCUT2D eigenvalue weighted by Gasteiger charge is -2.35. The second-order valence-electron chi connectivity index (χ2n) is 6.40. The Kier molecular flexibility index (Phi) is 5.21. The smallest absolute Gasteiger partial charge is 0.222 e. The van der Waals surface area contributed by atoms with Crippen LogP contribution in [0.15, 0.2) is 34.8 Å². The maximum Gasteiger partial charge on any atom is 0.222 e. The zero-order valence-corrected chi connectivity index (χ0v) is 13.9. The molecule has 0 unspecified atom stereocenters. The number of hydrogen-bond acceptors (Lipinski definition) is 5. The Morgan fingerprint density at radius 2 is 1.88 bits per heavy atom. The molecule has 3 heterocycles. The van der Waals surface area contributed by atoms with Crippen LogP contribution in [0.5, 0.6) is 0 Å². The Balaban J connectivity index is 1.38. The molecule has 2 aliphatic rings. The van der Waals surface area contributed by atoms with Gasteiger partial charge in [-0.2, -0.15) is 10.2 Å². The maximum absolute atomic E-state index is 12.4. The molecular formula is C18H23N5O. The zero-order valence-electron chi connectivity index (χ0n) is 13.9. The summed E-state index contributed by atoms with van der Waals surface area (Å²) in [6.07, 6.45) is 11.5. The summed E-state index contributed by atoms with van der Waals surface area (Å²) in [5, 5.41) is 8.19. The van der Waals surface area contributed by atoms with Gasteiger partial charge in [-0.1, -0.05) is 0 Å². The SMILES string of the molecule is C#CCCC1(CCC(=O)N2CCN(Cc3ccncc3)CC2)N=N1. The van der Waals surface area contributed by atoms with Crippen molar-refractivity contribution in [3.05, 3.63) is 30.1 Å². The van der Waals surface area contributed by atoms with Crippen molar-refractivity contribution in [2.24, 2.45) is 10.2 Å². The summed E-state index contributed by atoms with van der Waals surface area (Å²) >= 11 is 0. The summed E-state index contributed by atoms with van der Waals surface area (Å²) in [6.45, 7) is 4.30. The highest BCUT2D eigenvalue weighted by Crippen LogP contribution is 2.37. The van der Waals surface area contributed by atoms with Crippen molar-refractivity contribution >= 4 is 5.91 Å². The second-order valence-corrected chi connectivity index (χ2v) is 6.40. The van der Waals surface area contributed by atoms with Gasteiger partial charge >= 0.3 is 0 Å². The van der Waals surface area contributed by atoms with Crippen LogP contribution in [0.25, 0.3) is 0 Å². The van der Waals surface area contributed by atoms with Crippen molar-refractivity contribution in [1.29, 1.82) is 0 Å². The molecule has 1 aromatic rings. The first-order valence-corrected chi connectivity index (χ1v) is 8.47. The summed E-state index contributed by atoms with van der Waals surface area (Å²) in [5.41, 5.74) is 0.905. The third kappa shape index (κ3) is 4.39. The Morgan fingerprint density at radius 1 is 1.17 bits per heavy atom. The van der Waals surface area contributed by atoms with E-state index >= 15 is 0 Å². The molecule has 126 valence electrons. The van der Waals surface area contributed by atoms with E-state index in [9.17, 15) is 4.79 Å². The molecule has 0 spiro atoms. The number of carbonyl (C=O) groups is 1. The van der Waals surface area contributed by atoms with Gasteiger partial charge in [0.25, 0.3) is 0 Å². The molecule has 0 bridgehead atoms. The lowest BCUT2D eigenvalue weighted by Crippen LogP contribution is -2.48. The number of piperazine rings is 1. The summed E-state index contributed by atoms with van der Waals surface area (Å²) in [6, 6.07) is 4.08. The monoisotopic (exact) mass is 325 g/mol. The lowest BCUT2D eigenvalue weighted by molar-refractivity contribution is -0.133. The molecule has 0 aliphatic carbocycles. The van der Waals surface area contributed by atoms with E-state index < -0.39 is 0 Å². The maximum atomic E-state index is 12.4. The Hall–Kier alpha value is -2.26. The van der Waals surface area contributed by atoms with Gasteiger partial charge in [0, 0.05) is 70.8 Å². The first kappa shape index (κ1) is 16.6. The minimum atomic E-state index is -0.356. The quantitative estimate of drug-likeness (QED) is 0.721. The van der Waals surface area contributed by atoms with E-state index in [1.807, 2.05) is 29.4 Å². The van der Waals surface area contributed by atoms with E-state index in [-0.39, 0.29) is 11.6 Å². The summed E-state index contributed by atoms with van der Waals surface area (Å²) in [4.78, 5) is 20.8. The normalized spacial score (nSPS) is 19.0. The first-order valence-electron chi connectivity index (χ1n) is 8.47. The molecule has 2 aliphatic heterocycles. The van der Waals surface area contributed by atoms with Gasteiger partial charge in [0.1, 0.15) is 0 Å². The number of pyridine rings is 1. The van der Waals surface area contributed by atoms with Crippen molar-refractivity contribution in [3.63, 3.8) is 0 Å². The van der Waals surface area contributed by atoms with Gasteiger partial charge in [0.15, 0.2) is 5.66 Å². The zero-order chi connectivity index (χ0) is 16.8. The van der Waals surface area contributed by atoms with E-state index in [1.165, 1.54) is 5.56 Å². The average molecular weight is 325 g/mol. The van der Waals surface area contributed by atoms with Crippen LogP contribution in [0.3, 0.4) is 0 Å². The number of carbonyl (C=O) groups excluding carboxylic acids is 1. The average Bonchev–Trinajstić information content (AvgIpc) is 3.40. The van der Waals surface area contributed by atoms with Gasteiger partial charge in [-0.05, 0) is 17.7 Å². The van der Waals surface area contributed by atoms with Crippen LogP contribution >= 0.6 is 0 Å². The van der Waals surface area contributed by atoms with Crippen LogP contribution < -0.4 is 0 Å². The highest BCUT2D eigenvalue weighted by atomic mass is 16.2. The van der Waals surface area contributed by atoms with Gasteiger partial charge in [-0.3, -0.25) is 14.7 Å². The van der Waals surface area contributed by atoms with Crippen LogP contribution in [0.2, 0.25) is 0 Å². The molecular weight excluding hydrogens is 302 g/mol. The fraction of sp³-hybridized carbons (Fsp3) is 0.556. The Labute approximate surface area is 143 Å². The number of nitrogens with zero attached hydrogens (tertiary/aromatic N) is 5. The van der Waals surface area contributed by atoms with E-state index in [2.05, 4.69) is 26.0 Å². The van der Waals surface area contributed by atoms with Gasteiger partial charge in [0.05, 0.1) is 0 Å². The van der Waals surface area contributed by atoms with Gasteiger partial charge < -0.3 is 4.90 Å². The molecule has 0 N–H and O–H groups in total. The number of aromatic nitrogens is 1. The molecule has 0 atom stereocenters. The number of terminal acetylenes is 1. The van der Waals surface area contributed by atoms with Crippen LogP contribution in [-0.4, -0.2) is 52.5 Å². The molecule has 3 rings (SSSR count). The van der Waals surface area contributed by atoms with E-state index in [4.69, 9.17) is 6.42 Å². The van der Waals surface area contributed by atoms with Crippen molar-refractivity contribution < 1.29 is 4.79 Å². The first-order chi connectivity index (χ1) is 11.7. The molecule has 1 saturated heterocycles. The standard InChI is InChI=1S/C18H23N5O/c1-2-3-7-18(20-21-18)8-4-17(24)23-13-11-22(12-14-23)15-16-5-9-19-10-6-16/h1,5-6,9-10H,3-4,7-8,11-15H2. The molecule has 1 amide bonds. The summed E-state index contributed by atoms with van der Waals surface area (Å²) < 4.78 is 0. The van der Waals surface area contributed by atoms with E-state index in [0.29, 0.717) is 19.3 Å². The topological polar surface area (TPSA) is 61.2 Å². The second kappa shape index (κ2) is 7.54. The third-order valence-electron chi connectivity index (χ3n) is 4.67. The predicted octanol–water partition coefficient (Wildman–Crippen LogP) is 2.08. The van der Waals surface area contributed by atoms with Crippen LogP contribution in [0, 0.1) is 12.3 Å². The van der Waals surface area contributed by atoms with E-state index in [0.717, 1.165) is 39.1 Å². The van der Waals surface area contributed by atoms with Crippen molar-refractivity contribution in [2.45, 2.75) is 37.9 Å². The molecule has 0 saturated carbocycles. The molecule has 6 heteroatoms. The minimum absolute atomic E-state index is 0.205. The largest absolute Gasteiger partial charge is 0.340 e. The van der Waals surface area contributed by atoms with Crippen LogP contribution in [-0.2, 0) is 11.3 Å². The molecule has 0 radical (unpaired) electrons. The molecule has 0 aromatic carbocycles. The molecule has 6 nitrogen and oxygen atoms in total. The highest BCUT2D eigenvalue weighted by molar-refractivity contribution is 5.76. The highest BCUT2D eigenvalue weighted by Gasteiger charge is 2.39. The number of amides is 1. The van der Waals surface area contributed by atoms with Crippen LogP contribution in [0.1, 0.15) is 31.2 Å². The summed E-state index contributed by atoms with van der Waals surface area (Å²) in [5.74, 6) is 2.82. The molecule has 24 heavy (non-hydrogen) atoms. The molecule has 1 aromatic heterocycles. The van der Waals surface area contributed by atoms with Crippen molar-refractivity contribution in [3.8, 4) is 12.3 Å². The van der Waals surface area contributed by atoms with Gasteiger partial charge in [-0.15, -0.1) is 12.3 Å². The number of hydrogen-bond donors (Lipinski definition) is 0. The van der Waals surface area contributed by atoms with Crippen molar-refractivity contribution in [1.82, 2.24) is 14.8 Å². The van der Waals surface area contributed by atoms with Crippen molar-refractivity contribution in [2.75, 3.05) is 26.2 Å². The summed E-state index contributed by atoms with van der Waals surface area (Å²) in [7, 11) is 0. The minimum Gasteiger partial charge on any atom is -0.340 e. The lowest BCUT2D eigenvalue weighted by atomic mass is 10.0. The predicted molar refractivity (Wildman–Crippen MR) is 91.0 cm³/mol. The fourth-order valence-corrected chi connectivity index (χ4v) is 3.04. The third-order valence-corrected chi connectivity index (χ3v) is 4.67. The Bertz CT molecular complexity index is 623.